The van der Waals surface area contributed by atoms with Crippen molar-refractivity contribution in [3.05, 3.63) is 35.4 Å². The number of benzene rings is 1. The maximum atomic E-state index is 12.5. The topological polar surface area (TPSA) is 49.9 Å². The molecule has 0 saturated heterocycles. The lowest BCUT2D eigenvalue weighted by molar-refractivity contribution is -0.117. The van der Waals surface area contributed by atoms with Gasteiger partial charge in [0.2, 0.25) is 6.41 Å². The predicted molar refractivity (Wildman–Crippen MR) is 75.7 cm³/mol. The third-order valence-corrected chi connectivity index (χ3v) is 5.06. The molecule has 0 N–H and O–H groups in total. The van der Waals surface area contributed by atoms with Crippen molar-refractivity contribution < 1.29 is 22.5 Å². The van der Waals surface area contributed by atoms with Gasteiger partial charge in [0.25, 0.3) is 0 Å². The highest BCUT2D eigenvalue weighted by Gasteiger charge is 2.32. The summed E-state index contributed by atoms with van der Waals surface area (Å²) in [4.78, 5) is 13.0. The molecular weight excluding hydrogens is 314 g/mol. The van der Waals surface area contributed by atoms with Gasteiger partial charge in [-0.1, -0.05) is 0 Å². The fraction of sp³-hybridized carbons (Fsp3) is 0.357. The summed E-state index contributed by atoms with van der Waals surface area (Å²) < 4.78 is 42.8. The van der Waals surface area contributed by atoms with Crippen LogP contribution in [0.2, 0.25) is 0 Å². The van der Waals surface area contributed by atoms with Gasteiger partial charge in [0.1, 0.15) is 16.7 Å². The molecule has 0 spiro atoms. The maximum Gasteiger partial charge on any atom is 0.387 e. The largest absolute Gasteiger partial charge is 0.435 e. The quantitative estimate of drug-likeness (QED) is 0.606. The van der Waals surface area contributed by atoms with Crippen LogP contribution in [-0.4, -0.2) is 52.6 Å². The van der Waals surface area contributed by atoms with E-state index in [1.807, 2.05) is 0 Å². The number of nitrogens with zero attached hydrogens (tertiary/aromatic N) is 2. The number of hydrogen-bond donors (Lipinski definition) is 0. The van der Waals surface area contributed by atoms with E-state index in [0.29, 0.717) is 31.1 Å². The molecule has 1 amide bonds. The van der Waals surface area contributed by atoms with E-state index in [9.17, 15) is 17.8 Å². The summed E-state index contributed by atoms with van der Waals surface area (Å²) >= 11 is 0. The van der Waals surface area contributed by atoms with Crippen LogP contribution >= 0.6 is 0 Å². The predicted octanol–water partition coefficient (Wildman–Crippen LogP) is 1.39. The maximum absolute atomic E-state index is 12.5. The van der Waals surface area contributed by atoms with E-state index in [0.717, 1.165) is 17.6 Å². The Morgan fingerprint density at radius 2 is 1.68 bits per heavy atom. The summed E-state index contributed by atoms with van der Waals surface area (Å²) in [5, 5.41) is 0. The summed E-state index contributed by atoms with van der Waals surface area (Å²) in [6.07, 6.45) is 0.821. The minimum absolute atomic E-state index is 0.0411. The standard InChI is InChI=1S/C14H14F2N2O3S/c15-14(16)21-12-1-3-13(4-2-12)22(20)18-7-10-5-17(9-19)6-11(10)8-18/h1-4,9,14H,5-8H2. The molecule has 0 bridgehead atoms. The van der Waals surface area contributed by atoms with E-state index in [-0.39, 0.29) is 5.75 Å². The van der Waals surface area contributed by atoms with Crippen molar-refractivity contribution in [1.82, 2.24) is 9.21 Å². The number of ether oxygens (including phenoxy) is 1. The lowest BCUT2D eigenvalue weighted by atomic mass is 10.2. The van der Waals surface area contributed by atoms with Gasteiger partial charge in [-0.2, -0.15) is 8.78 Å². The molecule has 0 radical (unpaired) electrons. The van der Waals surface area contributed by atoms with Crippen LogP contribution < -0.4 is 4.74 Å². The first-order valence-electron chi connectivity index (χ1n) is 6.67. The second-order valence-electron chi connectivity index (χ2n) is 5.11. The molecule has 1 aromatic carbocycles. The van der Waals surface area contributed by atoms with Gasteiger partial charge in [-0.15, -0.1) is 0 Å². The zero-order chi connectivity index (χ0) is 15.7. The number of rotatable bonds is 5. The molecule has 2 aliphatic rings. The summed E-state index contributed by atoms with van der Waals surface area (Å²) in [5.41, 5.74) is 2.27. The third kappa shape index (κ3) is 3.02. The molecule has 2 aliphatic heterocycles. The second kappa shape index (κ2) is 6.13. The molecule has 3 rings (SSSR count). The lowest BCUT2D eigenvalue weighted by Gasteiger charge is -2.19. The Kier molecular flexibility index (Phi) is 4.21. The van der Waals surface area contributed by atoms with Gasteiger partial charge in [0, 0.05) is 26.2 Å². The molecule has 0 fully saturated rings. The first-order valence-corrected chi connectivity index (χ1v) is 7.78. The van der Waals surface area contributed by atoms with E-state index >= 15 is 0 Å². The van der Waals surface area contributed by atoms with Gasteiger partial charge in [-0.3, -0.25) is 4.79 Å². The SMILES string of the molecule is O=CN1CC2=C(C1)CN(S(=O)c1ccc(OC(F)F)cc1)C2. The van der Waals surface area contributed by atoms with E-state index in [1.54, 1.807) is 9.21 Å². The van der Waals surface area contributed by atoms with Crippen molar-refractivity contribution in [2.75, 3.05) is 26.2 Å². The van der Waals surface area contributed by atoms with Gasteiger partial charge < -0.3 is 9.64 Å². The average molecular weight is 328 g/mol. The number of alkyl halides is 2. The highest BCUT2D eigenvalue weighted by Crippen LogP contribution is 2.28. The van der Waals surface area contributed by atoms with Crippen molar-refractivity contribution in [3.8, 4) is 5.75 Å². The average Bonchev–Trinajstić information content (AvgIpc) is 3.04. The molecule has 0 saturated carbocycles. The van der Waals surface area contributed by atoms with Crippen LogP contribution in [0.5, 0.6) is 5.75 Å². The summed E-state index contributed by atoms with van der Waals surface area (Å²) in [6.45, 7) is -0.576. The van der Waals surface area contributed by atoms with Crippen LogP contribution in [0.4, 0.5) is 8.78 Å². The van der Waals surface area contributed by atoms with Crippen LogP contribution in [0.1, 0.15) is 0 Å². The van der Waals surface area contributed by atoms with Crippen LogP contribution in [-0.2, 0) is 15.8 Å². The van der Waals surface area contributed by atoms with Gasteiger partial charge in [-0.05, 0) is 35.4 Å². The molecule has 118 valence electrons. The minimum Gasteiger partial charge on any atom is -0.435 e. The number of amides is 1. The highest BCUT2D eigenvalue weighted by atomic mass is 32.2. The van der Waals surface area contributed by atoms with Gasteiger partial charge in [0.05, 0.1) is 4.90 Å². The van der Waals surface area contributed by atoms with E-state index in [4.69, 9.17) is 0 Å². The van der Waals surface area contributed by atoms with Gasteiger partial charge >= 0.3 is 6.61 Å². The Balaban J connectivity index is 1.63. The van der Waals surface area contributed by atoms with Gasteiger partial charge in [-0.25, -0.2) is 8.51 Å². The van der Waals surface area contributed by atoms with E-state index in [2.05, 4.69) is 4.74 Å². The number of carbonyl (C=O) groups excluding carboxylic acids is 1. The first-order chi connectivity index (χ1) is 10.6. The minimum atomic E-state index is -2.87. The van der Waals surface area contributed by atoms with Crippen molar-refractivity contribution in [2.24, 2.45) is 0 Å². The van der Waals surface area contributed by atoms with E-state index < -0.39 is 17.6 Å². The summed E-state index contributed by atoms with van der Waals surface area (Å²) in [7, 11) is -1.36. The molecule has 8 heteroatoms. The van der Waals surface area contributed by atoms with Gasteiger partial charge in [0.15, 0.2) is 0 Å². The van der Waals surface area contributed by atoms with E-state index in [1.165, 1.54) is 24.3 Å². The lowest BCUT2D eigenvalue weighted by Crippen LogP contribution is -2.30. The highest BCUT2D eigenvalue weighted by molar-refractivity contribution is 7.82. The molecule has 5 nitrogen and oxygen atoms in total. The zero-order valence-electron chi connectivity index (χ0n) is 11.6. The third-order valence-electron chi connectivity index (χ3n) is 3.66. The normalized spacial score (nSPS) is 19.7. The molecule has 0 aliphatic carbocycles. The molecular formula is C14H14F2N2O3S. The van der Waals surface area contributed by atoms with Crippen LogP contribution in [0.25, 0.3) is 0 Å². The molecule has 22 heavy (non-hydrogen) atoms. The summed E-state index contributed by atoms with van der Waals surface area (Å²) in [5.74, 6) is 0.0411. The molecule has 0 aromatic heterocycles. The Hall–Kier alpha value is -1.80. The Morgan fingerprint density at radius 1 is 1.09 bits per heavy atom. The molecule has 1 atom stereocenters. The van der Waals surface area contributed by atoms with Crippen molar-refractivity contribution in [1.29, 1.82) is 0 Å². The number of halogens is 2. The first kappa shape index (κ1) is 15.1. The Morgan fingerprint density at radius 3 is 2.18 bits per heavy atom. The second-order valence-corrected chi connectivity index (χ2v) is 6.60. The summed E-state index contributed by atoms with van der Waals surface area (Å²) in [6, 6.07) is 5.80. The monoisotopic (exact) mass is 328 g/mol. The van der Waals surface area contributed by atoms with Crippen LogP contribution in [0.3, 0.4) is 0 Å². The van der Waals surface area contributed by atoms with Crippen LogP contribution in [0.15, 0.2) is 40.3 Å². The molecule has 2 heterocycles. The van der Waals surface area contributed by atoms with Crippen LogP contribution in [0, 0.1) is 0 Å². The molecule has 1 unspecified atom stereocenters. The zero-order valence-corrected chi connectivity index (χ0v) is 12.4. The Bertz CT molecular complexity index is 615. The van der Waals surface area contributed by atoms with Crippen molar-refractivity contribution in [2.45, 2.75) is 11.5 Å². The number of hydrogen-bond acceptors (Lipinski definition) is 3. The smallest absolute Gasteiger partial charge is 0.387 e. The fourth-order valence-corrected chi connectivity index (χ4v) is 3.87. The Labute approximate surface area is 128 Å². The number of carbonyl (C=O) groups is 1. The van der Waals surface area contributed by atoms with Crippen molar-refractivity contribution in [3.63, 3.8) is 0 Å². The molecule has 1 aromatic rings. The fourth-order valence-electron chi connectivity index (χ4n) is 2.65. The van der Waals surface area contributed by atoms with Crippen molar-refractivity contribution >= 4 is 17.4 Å².